The van der Waals surface area contributed by atoms with Crippen molar-refractivity contribution in [3.63, 3.8) is 0 Å². The van der Waals surface area contributed by atoms with Crippen LogP contribution in [0.3, 0.4) is 0 Å². The quantitative estimate of drug-likeness (QED) is 0.646. The number of para-hydroxylation sites is 2. The average molecular weight is 440 g/mol. The van der Waals surface area contributed by atoms with Crippen LogP contribution in [-0.4, -0.2) is 70.5 Å². The van der Waals surface area contributed by atoms with Gasteiger partial charge in [-0.15, -0.1) is 11.3 Å². The lowest BCUT2D eigenvalue weighted by Crippen LogP contribution is -2.55. The molecular weight excluding hydrogens is 420 g/mol. The normalized spacial score (nSPS) is 18.3. The molecule has 0 saturated carbocycles. The number of nitrogens with one attached hydrogen (secondary N) is 1. The predicted octanol–water partition coefficient (Wildman–Crippen LogP) is 1.42. The van der Waals surface area contributed by atoms with E-state index in [4.69, 9.17) is 9.47 Å². The molecule has 0 radical (unpaired) electrons. The van der Waals surface area contributed by atoms with Crippen molar-refractivity contribution in [2.45, 2.75) is 13.0 Å². The van der Waals surface area contributed by atoms with Crippen LogP contribution in [0.4, 0.5) is 0 Å². The molecule has 10 heteroatoms. The number of hydrogen-bond acceptors (Lipinski definition) is 7. The molecule has 2 aliphatic heterocycles. The van der Waals surface area contributed by atoms with E-state index >= 15 is 0 Å². The number of hydrogen-bond donors (Lipinski definition) is 1. The number of ether oxygens (including phenoxy) is 2. The lowest BCUT2D eigenvalue weighted by molar-refractivity contribution is -0.142. The van der Waals surface area contributed by atoms with Crippen LogP contribution >= 0.6 is 11.3 Å². The zero-order valence-electron chi connectivity index (χ0n) is 16.8. The first kappa shape index (κ1) is 19.6. The van der Waals surface area contributed by atoms with Gasteiger partial charge in [0, 0.05) is 26.2 Å². The maximum absolute atomic E-state index is 13.1. The minimum Gasteiger partial charge on any atom is -0.485 e. The van der Waals surface area contributed by atoms with Gasteiger partial charge in [-0.25, -0.2) is 4.98 Å². The molecule has 1 N–H and O–H groups in total. The van der Waals surface area contributed by atoms with Gasteiger partial charge < -0.3 is 24.3 Å². The standard InChI is InChI=1S/C21H20N4O5S/c1-12-16-18(26)22-11-23-19(16)31-17(12)21(28)25-8-6-24(7-9-25)20(27)15-10-29-13-4-2-3-5-14(13)30-15/h2-5,11,15H,6-10H2,1H3,(H,22,23,26). The number of nitrogens with zero attached hydrogens (tertiary/aromatic N) is 3. The van der Waals surface area contributed by atoms with Crippen LogP contribution in [0.1, 0.15) is 15.2 Å². The fourth-order valence-corrected chi connectivity index (χ4v) is 5.02. The smallest absolute Gasteiger partial charge is 0.267 e. The van der Waals surface area contributed by atoms with Crippen molar-refractivity contribution in [2.24, 2.45) is 0 Å². The number of aromatic amines is 1. The maximum Gasteiger partial charge on any atom is 0.267 e. The molecule has 1 saturated heterocycles. The predicted molar refractivity (Wildman–Crippen MR) is 114 cm³/mol. The van der Waals surface area contributed by atoms with Crippen LogP contribution in [0.5, 0.6) is 11.5 Å². The van der Waals surface area contributed by atoms with Gasteiger partial charge in [-0.05, 0) is 24.6 Å². The molecule has 0 aliphatic carbocycles. The van der Waals surface area contributed by atoms with Gasteiger partial charge in [-0.2, -0.15) is 0 Å². The van der Waals surface area contributed by atoms with Crippen molar-refractivity contribution in [3.8, 4) is 11.5 Å². The van der Waals surface area contributed by atoms with Gasteiger partial charge in [-0.1, -0.05) is 12.1 Å². The monoisotopic (exact) mass is 440 g/mol. The van der Waals surface area contributed by atoms with Crippen LogP contribution in [-0.2, 0) is 4.79 Å². The summed E-state index contributed by atoms with van der Waals surface area (Å²) in [6.45, 7) is 3.57. The number of benzene rings is 1. The summed E-state index contributed by atoms with van der Waals surface area (Å²) in [4.78, 5) is 49.2. The summed E-state index contributed by atoms with van der Waals surface area (Å²) < 4.78 is 11.5. The van der Waals surface area contributed by atoms with E-state index < -0.39 is 6.10 Å². The minimum absolute atomic E-state index is 0.141. The van der Waals surface area contributed by atoms with E-state index in [2.05, 4.69) is 9.97 Å². The van der Waals surface area contributed by atoms with Crippen LogP contribution in [0, 0.1) is 6.92 Å². The highest BCUT2D eigenvalue weighted by molar-refractivity contribution is 7.20. The van der Waals surface area contributed by atoms with E-state index in [0.29, 0.717) is 58.3 Å². The number of rotatable bonds is 2. The Kier molecular flexibility index (Phi) is 4.85. The van der Waals surface area contributed by atoms with Gasteiger partial charge in [0.15, 0.2) is 11.5 Å². The third kappa shape index (κ3) is 3.42. The van der Waals surface area contributed by atoms with Gasteiger partial charge in [0.05, 0.1) is 16.6 Å². The van der Waals surface area contributed by atoms with Crippen LogP contribution in [0.25, 0.3) is 10.2 Å². The second-order valence-electron chi connectivity index (χ2n) is 7.45. The Labute approximate surface area is 181 Å². The third-order valence-electron chi connectivity index (χ3n) is 5.59. The first-order valence-corrected chi connectivity index (χ1v) is 10.8. The number of H-pyrrole nitrogens is 1. The summed E-state index contributed by atoms with van der Waals surface area (Å²) in [5.74, 6) is 0.910. The van der Waals surface area contributed by atoms with E-state index in [0.717, 1.165) is 0 Å². The largest absolute Gasteiger partial charge is 0.485 e. The number of aryl methyl sites for hydroxylation is 1. The molecule has 1 unspecified atom stereocenters. The molecule has 3 aromatic rings. The first-order chi connectivity index (χ1) is 15.0. The van der Waals surface area contributed by atoms with Gasteiger partial charge in [0.25, 0.3) is 17.4 Å². The van der Waals surface area contributed by atoms with E-state index in [1.807, 2.05) is 12.1 Å². The molecule has 2 amide bonds. The van der Waals surface area contributed by atoms with Crippen molar-refractivity contribution < 1.29 is 19.1 Å². The Morgan fingerprint density at radius 3 is 2.58 bits per heavy atom. The van der Waals surface area contributed by atoms with Crippen LogP contribution in [0.2, 0.25) is 0 Å². The average Bonchev–Trinajstić information content (AvgIpc) is 3.15. The van der Waals surface area contributed by atoms with E-state index in [-0.39, 0.29) is 24.0 Å². The van der Waals surface area contributed by atoms with Gasteiger partial charge in [0.1, 0.15) is 11.4 Å². The lowest BCUT2D eigenvalue weighted by atomic mass is 10.2. The summed E-state index contributed by atoms with van der Waals surface area (Å²) in [6.07, 6.45) is 0.647. The van der Waals surface area contributed by atoms with Gasteiger partial charge in [0.2, 0.25) is 6.10 Å². The minimum atomic E-state index is -0.695. The molecule has 0 spiro atoms. The molecule has 2 aromatic heterocycles. The third-order valence-corrected chi connectivity index (χ3v) is 6.78. The van der Waals surface area contributed by atoms with E-state index in [1.54, 1.807) is 28.9 Å². The highest BCUT2D eigenvalue weighted by Crippen LogP contribution is 2.31. The van der Waals surface area contributed by atoms with Crippen molar-refractivity contribution in [3.05, 3.63) is 51.4 Å². The van der Waals surface area contributed by atoms with E-state index in [1.165, 1.54) is 17.7 Å². The molecule has 1 aromatic carbocycles. The maximum atomic E-state index is 13.1. The second-order valence-corrected chi connectivity index (χ2v) is 8.45. The molecule has 9 nitrogen and oxygen atoms in total. The summed E-state index contributed by atoms with van der Waals surface area (Å²) in [7, 11) is 0. The fourth-order valence-electron chi connectivity index (χ4n) is 3.90. The Bertz CT molecular complexity index is 1230. The molecular formula is C21H20N4O5S. The number of amides is 2. The van der Waals surface area contributed by atoms with Gasteiger partial charge >= 0.3 is 0 Å². The van der Waals surface area contributed by atoms with E-state index in [9.17, 15) is 14.4 Å². The second kappa shape index (κ2) is 7.69. The van der Waals surface area contributed by atoms with Crippen molar-refractivity contribution >= 4 is 33.4 Å². The molecule has 31 heavy (non-hydrogen) atoms. The summed E-state index contributed by atoms with van der Waals surface area (Å²) in [5.41, 5.74) is 0.397. The Morgan fingerprint density at radius 1 is 1.13 bits per heavy atom. The molecule has 2 aliphatic rings. The first-order valence-electron chi connectivity index (χ1n) is 9.96. The zero-order chi connectivity index (χ0) is 21.5. The van der Waals surface area contributed by atoms with Crippen molar-refractivity contribution in [1.82, 2.24) is 19.8 Å². The highest BCUT2D eigenvalue weighted by Gasteiger charge is 2.34. The number of fused-ring (bicyclic) bond motifs is 2. The van der Waals surface area contributed by atoms with Crippen molar-refractivity contribution in [2.75, 3.05) is 32.8 Å². The Hall–Kier alpha value is -3.40. The molecule has 0 bridgehead atoms. The molecule has 5 rings (SSSR count). The topological polar surface area (TPSA) is 105 Å². The molecule has 160 valence electrons. The number of piperazine rings is 1. The molecule has 4 heterocycles. The number of carbonyl (C=O) groups is 2. The number of thiophene rings is 1. The highest BCUT2D eigenvalue weighted by atomic mass is 32.1. The Balaban J connectivity index is 1.25. The summed E-state index contributed by atoms with van der Waals surface area (Å²) in [6, 6.07) is 7.27. The Morgan fingerprint density at radius 2 is 1.84 bits per heavy atom. The molecule has 1 fully saturated rings. The SMILES string of the molecule is Cc1c(C(=O)N2CCN(C(=O)C3COc4ccccc4O3)CC2)sc2nc[nH]c(=O)c12. The lowest BCUT2D eigenvalue weighted by Gasteiger charge is -2.37. The van der Waals surface area contributed by atoms with Crippen molar-refractivity contribution in [1.29, 1.82) is 0 Å². The number of aromatic nitrogens is 2. The zero-order valence-corrected chi connectivity index (χ0v) is 17.6. The van der Waals surface area contributed by atoms with Crippen LogP contribution in [0.15, 0.2) is 35.4 Å². The number of carbonyl (C=O) groups excluding carboxylic acids is 2. The van der Waals surface area contributed by atoms with Crippen LogP contribution < -0.4 is 15.0 Å². The fraction of sp³-hybridized carbons (Fsp3) is 0.333. The van der Waals surface area contributed by atoms with Gasteiger partial charge in [-0.3, -0.25) is 14.4 Å². The summed E-state index contributed by atoms with van der Waals surface area (Å²) >= 11 is 1.22. The summed E-state index contributed by atoms with van der Waals surface area (Å²) in [5, 5.41) is 0.458. The molecule has 1 atom stereocenters.